The zero-order valence-corrected chi connectivity index (χ0v) is 13.7. The van der Waals surface area contributed by atoms with Gasteiger partial charge < -0.3 is 19.6 Å². The Balaban J connectivity index is 3.75. The van der Waals surface area contributed by atoms with Crippen molar-refractivity contribution in [1.82, 2.24) is 0 Å². The highest BCUT2D eigenvalue weighted by atomic mass is 33.1. The van der Waals surface area contributed by atoms with Crippen molar-refractivity contribution in [1.29, 1.82) is 0 Å². The van der Waals surface area contributed by atoms with Gasteiger partial charge in [0.1, 0.15) is 0 Å². The Labute approximate surface area is 115 Å². The first-order chi connectivity index (χ1) is 7.99. The molecule has 2 unspecified atom stereocenters. The van der Waals surface area contributed by atoms with Crippen LogP contribution in [0.25, 0.3) is 0 Å². The number of rotatable bonds is 9. The van der Waals surface area contributed by atoms with E-state index in [1.165, 1.54) is 21.6 Å². The molecule has 0 aliphatic rings. The fraction of sp³-hybridized carbons (Fsp3) is 1.00. The van der Waals surface area contributed by atoms with Crippen molar-refractivity contribution in [3.63, 3.8) is 0 Å². The van der Waals surface area contributed by atoms with Crippen LogP contribution in [0, 0.1) is 0 Å². The first-order valence-corrected chi connectivity index (χ1v) is 11.3. The van der Waals surface area contributed by atoms with E-state index in [2.05, 4.69) is 0 Å². The van der Waals surface area contributed by atoms with Crippen molar-refractivity contribution >= 4 is 36.8 Å². The minimum Gasteiger partial charge on any atom is -0.324 e. The van der Waals surface area contributed by atoms with E-state index in [1.54, 1.807) is 0 Å². The molecule has 0 aromatic carbocycles. The molecule has 0 fully saturated rings. The Hall–Kier alpha value is 1.000. The van der Waals surface area contributed by atoms with Gasteiger partial charge >= 0.3 is 15.2 Å². The summed E-state index contributed by atoms with van der Waals surface area (Å²) in [5, 5.41) is 0.195. The van der Waals surface area contributed by atoms with Gasteiger partial charge in [-0.05, 0) is 12.8 Å². The second-order valence-corrected chi connectivity index (χ2v) is 10.9. The third-order valence-electron chi connectivity index (χ3n) is 2.04. The van der Waals surface area contributed by atoms with Gasteiger partial charge in [0.2, 0.25) is 0 Å². The van der Waals surface area contributed by atoms with Crippen LogP contribution in [0.4, 0.5) is 0 Å². The van der Waals surface area contributed by atoms with E-state index in [1.807, 2.05) is 13.8 Å². The van der Waals surface area contributed by atoms with Gasteiger partial charge in [0, 0.05) is 10.5 Å². The lowest BCUT2D eigenvalue weighted by molar-refractivity contribution is 0.369. The lowest BCUT2D eigenvalue weighted by atomic mass is 10.4. The summed E-state index contributed by atoms with van der Waals surface area (Å²) in [6.45, 7) is 3.76. The Bertz CT molecular complexity index is 296. The van der Waals surface area contributed by atoms with Gasteiger partial charge in [0.15, 0.2) is 0 Å². The maximum absolute atomic E-state index is 10.7. The SMILES string of the molecule is CC(CCP(=O)(O)O)SSC(C)CCP(=O)(O)O. The molecule has 0 aromatic heterocycles. The summed E-state index contributed by atoms with van der Waals surface area (Å²) in [7, 11) is -4.86. The summed E-state index contributed by atoms with van der Waals surface area (Å²) in [4.78, 5) is 34.9. The molecule has 2 atom stereocenters. The molecule has 0 amide bonds. The molecule has 0 bridgehead atoms. The summed E-state index contributed by atoms with van der Waals surface area (Å²) < 4.78 is 21.4. The molecular weight excluding hydrogens is 318 g/mol. The van der Waals surface area contributed by atoms with Crippen LogP contribution in [0.3, 0.4) is 0 Å². The van der Waals surface area contributed by atoms with Crippen LogP contribution in [0.2, 0.25) is 0 Å². The first kappa shape index (κ1) is 19.0. The normalized spacial score (nSPS) is 16.6. The maximum Gasteiger partial charge on any atom is 0.325 e. The third-order valence-corrected chi connectivity index (χ3v) is 7.26. The minimum atomic E-state index is -3.93. The summed E-state index contributed by atoms with van der Waals surface area (Å²) in [5.74, 6) is 0. The molecule has 6 nitrogen and oxygen atoms in total. The molecule has 110 valence electrons. The lowest BCUT2D eigenvalue weighted by Gasteiger charge is -2.15. The van der Waals surface area contributed by atoms with Gasteiger partial charge in [-0.2, -0.15) is 0 Å². The first-order valence-electron chi connectivity index (χ1n) is 5.41. The van der Waals surface area contributed by atoms with Gasteiger partial charge in [0.05, 0.1) is 12.3 Å². The van der Waals surface area contributed by atoms with Gasteiger partial charge in [0.25, 0.3) is 0 Å². The number of hydrogen-bond donors (Lipinski definition) is 4. The van der Waals surface area contributed by atoms with Gasteiger partial charge in [-0.1, -0.05) is 35.4 Å². The van der Waals surface area contributed by atoms with Crippen molar-refractivity contribution < 1.29 is 28.7 Å². The van der Waals surface area contributed by atoms with Crippen LogP contribution < -0.4 is 0 Å². The molecule has 0 aliphatic heterocycles. The molecular formula is C8H20O6P2S2. The number of hydrogen-bond acceptors (Lipinski definition) is 4. The van der Waals surface area contributed by atoms with E-state index in [0.717, 1.165) is 0 Å². The quantitative estimate of drug-likeness (QED) is 0.374. The smallest absolute Gasteiger partial charge is 0.324 e. The van der Waals surface area contributed by atoms with Crippen LogP contribution in [-0.2, 0) is 9.13 Å². The van der Waals surface area contributed by atoms with Gasteiger partial charge in [-0.15, -0.1) is 0 Å². The van der Waals surface area contributed by atoms with Crippen molar-refractivity contribution in [2.45, 2.75) is 37.2 Å². The van der Waals surface area contributed by atoms with Crippen LogP contribution in [0.1, 0.15) is 26.7 Å². The van der Waals surface area contributed by atoms with E-state index < -0.39 is 15.2 Å². The average molecular weight is 338 g/mol. The van der Waals surface area contributed by atoms with E-state index in [0.29, 0.717) is 12.8 Å². The predicted molar refractivity (Wildman–Crippen MR) is 77.2 cm³/mol. The standard InChI is InChI=1S/C8H20O6P2S2/c1-7(3-5-15(9,10)11)17-18-8(2)4-6-16(12,13)14/h7-8H,3-6H2,1-2H3,(H2,9,10,11)(H2,12,13,14). The predicted octanol–water partition coefficient (Wildman–Crippen LogP) is 2.28. The van der Waals surface area contributed by atoms with Crippen LogP contribution >= 0.6 is 36.8 Å². The minimum absolute atomic E-state index is 0.0973. The highest BCUT2D eigenvalue weighted by molar-refractivity contribution is 8.77. The van der Waals surface area contributed by atoms with Crippen molar-refractivity contribution in [2.24, 2.45) is 0 Å². The summed E-state index contributed by atoms with van der Waals surface area (Å²) >= 11 is 0. The van der Waals surface area contributed by atoms with Crippen molar-refractivity contribution in [2.75, 3.05) is 12.3 Å². The molecule has 0 aliphatic carbocycles. The highest BCUT2D eigenvalue weighted by Gasteiger charge is 2.18. The molecule has 10 heteroatoms. The Morgan fingerprint density at radius 2 is 1.11 bits per heavy atom. The Kier molecular flexibility index (Phi) is 8.79. The third kappa shape index (κ3) is 13.4. The van der Waals surface area contributed by atoms with Crippen LogP contribution in [0.5, 0.6) is 0 Å². The fourth-order valence-electron chi connectivity index (χ4n) is 0.986. The van der Waals surface area contributed by atoms with Gasteiger partial charge in [-0.25, -0.2) is 0 Å². The van der Waals surface area contributed by atoms with Crippen LogP contribution in [0.15, 0.2) is 0 Å². The molecule has 0 radical (unpaired) electrons. The molecule has 18 heavy (non-hydrogen) atoms. The lowest BCUT2D eigenvalue weighted by Crippen LogP contribution is -2.03. The highest BCUT2D eigenvalue weighted by Crippen LogP contribution is 2.41. The fourth-order valence-corrected chi connectivity index (χ4v) is 5.31. The molecule has 0 saturated heterocycles. The molecule has 0 saturated carbocycles. The van der Waals surface area contributed by atoms with Gasteiger partial charge in [-0.3, -0.25) is 9.13 Å². The Morgan fingerprint density at radius 3 is 1.33 bits per heavy atom. The summed E-state index contributed by atoms with van der Waals surface area (Å²) in [6.07, 6.45) is 0.595. The molecule has 0 heterocycles. The van der Waals surface area contributed by atoms with E-state index in [9.17, 15) is 9.13 Å². The molecule has 0 aromatic rings. The molecule has 4 N–H and O–H groups in total. The van der Waals surface area contributed by atoms with Crippen LogP contribution in [-0.4, -0.2) is 42.4 Å². The average Bonchev–Trinajstić information content (AvgIpc) is 2.18. The summed E-state index contributed by atoms with van der Waals surface area (Å²) in [5.41, 5.74) is 0. The maximum atomic E-state index is 10.7. The second kappa shape index (κ2) is 8.32. The second-order valence-electron chi connectivity index (χ2n) is 4.17. The van der Waals surface area contributed by atoms with E-state index in [-0.39, 0.29) is 22.8 Å². The zero-order valence-electron chi connectivity index (χ0n) is 10.3. The van der Waals surface area contributed by atoms with Crippen molar-refractivity contribution in [3.05, 3.63) is 0 Å². The topological polar surface area (TPSA) is 115 Å². The van der Waals surface area contributed by atoms with E-state index >= 15 is 0 Å². The largest absolute Gasteiger partial charge is 0.325 e. The van der Waals surface area contributed by atoms with Crippen molar-refractivity contribution in [3.8, 4) is 0 Å². The summed E-state index contributed by atoms with van der Waals surface area (Å²) in [6, 6.07) is 0. The monoisotopic (exact) mass is 338 g/mol. The molecule has 0 rings (SSSR count). The molecule has 0 spiro atoms. The van der Waals surface area contributed by atoms with E-state index in [4.69, 9.17) is 19.6 Å². The Morgan fingerprint density at radius 1 is 0.833 bits per heavy atom. The zero-order chi connectivity index (χ0) is 14.4.